The van der Waals surface area contributed by atoms with Gasteiger partial charge in [0, 0.05) is 18.0 Å². The summed E-state index contributed by atoms with van der Waals surface area (Å²) in [6, 6.07) is 10.6. The second-order valence-corrected chi connectivity index (χ2v) is 4.43. The summed E-state index contributed by atoms with van der Waals surface area (Å²) in [6.45, 7) is 0. The first kappa shape index (κ1) is 12.2. The lowest BCUT2D eigenvalue weighted by Crippen LogP contribution is -1.99. The Morgan fingerprint density at radius 2 is 1.95 bits per heavy atom. The van der Waals surface area contributed by atoms with E-state index in [2.05, 4.69) is 10.1 Å². The number of aromatic carboxylic acids is 1. The summed E-state index contributed by atoms with van der Waals surface area (Å²) in [6.07, 6.45) is 0. The van der Waals surface area contributed by atoms with E-state index < -0.39 is 5.97 Å². The number of nitrogen functional groups attached to an aromatic ring is 1. The first-order chi connectivity index (χ1) is 9.58. The van der Waals surface area contributed by atoms with E-state index in [9.17, 15) is 9.90 Å². The van der Waals surface area contributed by atoms with Gasteiger partial charge in [-0.3, -0.25) is 0 Å². The predicted molar refractivity (Wildman–Crippen MR) is 75.3 cm³/mol. The molecule has 3 rings (SSSR count). The summed E-state index contributed by atoms with van der Waals surface area (Å²) >= 11 is 0. The lowest BCUT2D eigenvalue weighted by Gasteiger charge is -2.06. The molecule has 0 amide bonds. The number of fused-ring (bicyclic) bond motifs is 1. The van der Waals surface area contributed by atoms with Crippen LogP contribution in [0.4, 0.5) is 5.95 Å². The average Bonchev–Trinajstić information content (AvgIpc) is 2.77. The van der Waals surface area contributed by atoms with Crippen molar-refractivity contribution in [3.63, 3.8) is 0 Å². The smallest absolute Gasteiger partial charge is 0.336 e. The molecule has 0 fully saturated rings. The fraction of sp³-hybridized carbons (Fsp3) is 0.0714. The van der Waals surface area contributed by atoms with Crippen LogP contribution in [0.5, 0.6) is 0 Å². The number of carbonyl (C=O) groups is 1. The number of carboxylic acids is 1. The molecule has 1 aromatic heterocycles. The average molecular weight is 268 g/mol. The van der Waals surface area contributed by atoms with Crippen molar-refractivity contribution in [3.05, 3.63) is 42.0 Å². The van der Waals surface area contributed by atoms with E-state index in [1.165, 1.54) is 4.68 Å². The molecule has 1 heterocycles. The van der Waals surface area contributed by atoms with Crippen molar-refractivity contribution in [3.8, 4) is 11.4 Å². The molecule has 3 aromatic rings. The van der Waals surface area contributed by atoms with E-state index >= 15 is 0 Å². The van der Waals surface area contributed by atoms with E-state index in [1.54, 1.807) is 25.2 Å². The Balaban J connectivity index is 2.38. The van der Waals surface area contributed by atoms with Gasteiger partial charge >= 0.3 is 5.97 Å². The third kappa shape index (κ3) is 1.78. The maximum absolute atomic E-state index is 11.4. The molecule has 6 nitrogen and oxygen atoms in total. The Bertz CT molecular complexity index is 798. The lowest BCUT2D eigenvalue weighted by molar-refractivity contribution is 0.0699. The Hall–Kier alpha value is -2.89. The van der Waals surface area contributed by atoms with Crippen molar-refractivity contribution in [2.45, 2.75) is 0 Å². The molecule has 0 aliphatic rings. The number of aromatic nitrogens is 3. The Labute approximate surface area is 114 Å². The van der Waals surface area contributed by atoms with E-state index in [4.69, 9.17) is 5.73 Å². The number of carboxylic acid groups (broad SMARTS) is 1. The molecule has 0 aliphatic heterocycles. The lowest BCUT2D eigenvalue weighted by atomic mass is 9.99. The summed E-state index contributed by atoms with van der Waals surface area (Å²) < 4.78 is 1.46. The zero-order valence-electron chi connectivity index (χ0n) is 10.7. The molecular formula is C14H12N4O2. The van der Waals surface area contributed by atoms with Gasteiger partial charge in [-0.05, 0) is 11.5 Å². The van der Waals surface area contributed by atoms with Crippen LogP contribution in [0.3, 0.4) is 0 Å². The third-order valence-electron chi connectivity index (χ3n) is 3.17. The van der Waals surface area contributed by atoms with Gasteiger partial charge in [-0.1, -0.05) is 30.3 Å². The second-order valence-electron chi connectivity index (χ2n) is 4.43. The van der Waals surface area contributed by atoms with Crippen molar-refractivity contribution in [2.24, 2.45) is 7.05 Å². The molecule has 0 spiro atoms. The molecule has 6 heteroatoms. The molecule has 0 unspecified atom stereocenters. The second kappa shape index (κ2) is 4.34. The fourth-order valence-corrected chi connectivity index (χ4v) is 2.22. The van der Waals surface area contributed by atoms with Crippen LogP contribution in [0, 0.1) is 0 Å². The normalized spacial score (nSPS) is 10.8. The van der Waals surface area contributed by atoms with Crippen LogP contribution in [0.25, 0.3) is 22.2 Å². The summed E-state index contributed by atoms with van der Waals surface area (Å²) in [5.74, 6) is -0.277. The molecule has 0 bridgehead atoms. The maximum atomic E-state index is 11.4. The highest BCUT2D eigenvalue weighted by molar-refractivity contribution is 6.09. The van der Waals surface area contributed by atoms with Gasteiger partial charge in [0.25, 0.3) is 0 Å². The number of hydrogen-bond donors (Lipinski definition) is 2. The predicted octanol–water partition coefficient (Wildman–Crippen LogP) is 1.92. The summed E-state index contributed by atoms with van der Waals surface area (Å²) in [5, 5.41) is 15.0. The third-order valence-corrected chi connectivity index (χ3v) is 3.17. The van der Waals surface area contributed by atoms with E-state index in [0.717, 1.165) is 5.39 Å². The number of rotatable bonds is 2. The first-order valence-corrected chi connectivity index (χ1v) is 6.00. The SMILES string of the molecule is Cn1nc(-c2cccc3cccc(C(=O)O)c23)nc1N. The molecule has 0 atom stereocenters. The largest absolute Gasteiger partial charge is 0.478 e. The number of aryl methyl sites for hydroxylation is 1. The molecule has 0 radical (unpaired) electrons. The Morgan fingerprint density at radius 1 is 1.25 bits per heavy atom. The summed E-state index contributed by atoms with van der Waals surface area (Å²) in [7, 11) is 1.69. The standard InChI is InChI=1S/C14H12N4O2/c1-18-14(15)16-12(17-18)9-6-2-4-8-5-3-7-10(11(8)9)13(19)20/h2-7H,1H3,(H,19,20)(H2,15,16,17). The molecule has 0 saturated heterocycles. The highest BCUT2D eigenvalue weighted by atomic mass is 16.4. The van der Waals surface area contributed by atoms with E-state index in [0.29, 0.717) is 16.8 Å². The molecule has 2 aromatic carbocycles. The number of hydrogen-bond acceptors (Lipinski definition) is 4. The van der Waals surface area contributed by atoms with Gasteiger partial charge in [-0.2, -0.15) is 4.98 Å². The van der Waals surface area contributed by atoms with Crippen molar-refractivity contribution in [1.29, 1.82) is 0 Å². The molecule has 100 valence electrons. The minimum Gasteiger partial charge on any atom is -0.478 e. The van der Waals surface area contributed by atoms with Gasteiger partial charge in [-0.15, -0.1) is 5.10 Å². The fourth-order valence-electron chi connectivity index (χ4n) is 2.22. The zero-order valence-corrected chi connectivity index (χ0v) is 10.7. The van der Waals surface area contributed by atoms with Crippen molar-refractivity contribution in [2.75, 3.05) is 5.73 Å². The Kier molecular flexibility index (Phi) is 2.64. The quantitative estimate of drug-likeness (QED) is 0.740. The van der Waals surface area contributed by atoms with Crippen LogP contribution in [0.2, 0.25) is 0 Å². The number of nitrogens with zero attached hydrogens (tertiary/aromatic N) is 3. The van der Waals surface area contributed by atoms with E-state index in [-0.39, 0.29) is 11.5 Å². The van der Waals surface area contributed by atoms with Crippen LogP contribution in [-0.4, -0.2) is 25.8 Å². The zero-order chi connectivity index (χ0) is 14.3. The topological polar surface area (TPSA) is 94.0 Å². The molecule has 20 heavy (non-hydrogen) atoms. The van der Waals surface area contributed by atoms with Crippen LogP contribution < -0.4 is 5.73 Å². The minimum absolute atomic E-state index is 0.226. The van der Waals surface area contributed by atoms with Gasteiger partial charge in [0.05, 0.1) is 5.56 Å². The minimum atomic E-state index is -0.980. The van der Waals surface area contributed by atoms with Crippen LogP contribution in [0.1, 0.15) is 10.4 Å². The van der Waals surface area contributed by atoms with Crippen molar-refractivity contribution >= 4 is 22.7 Å². The molecule has 0 aliphatic carbocycles. The van der Waals surface area contributed by atoms with Gasteiger partial charge < -0.3 is 10.8 Å². The van der Waals surface area contributed by atoms with Gasteiger partial charge in [0.1, 0.15) is 0 Å². The summed E-state index contributed by atoms with van der Waals surface area (Å²) in [4.78, 5) is 15.6. The van der Waals surface area contributed by atoms with Crippen molar-refractivity contribution in [1.82, 2.24) is 14.8 Å². The molecule has 0 saturated carbocycles. The number of benzene rings is 2. The number of nitrogens with two attached hydrogens (primary N) is 1. The first-order valence-electron chi connectivity index (χ1n) is 6.00. The van der Waals surface area contributed by atoms with E-state index in [1.807, 2.05) is 18.2 Å². The van der Waals surface area contributed by atoms with Crippen LogP contribution in [-0.2, 0) is 7.05 Å². The Morgan fingerprint density at radius 3 is 2.55 bits per heavy atom. The highest BCUT2D eigenvalue weighted by Gasteiger charge is 2.16. The van der Waals surface area contributed by atoms with Gasteiger partial charge in [-0.25, -0.2) is 9.48 Å². The maximum Gasteiger partial charge on any atom is 0.336 e. The molecular weight excluding hydrogens is 256 g/mol. The van der Waals surface area contributed by atoms with Crippen LogP contribution >= 0.6 is 0 Å². The summed E-state index contributed by atoms with van der Waals surface area (Å²) in [5.41, 5.74) is 6.58. The number of anilines is 1. The van der Waals surface area contributed by atoms with Gasteiger partial charge in [0.15, 0.2) is 5.82 Å². The van der Waals surface area contributed by atoms with Crippen molar-refractivity contribution < 1.29 is 9.90 Å². The molecule has 3 N–H and O–H groups in total. The van der Waals surface area contributed by atoms with Gasteiger partial charge in [0.2, 0.25) is 5.95 Å². The van der Waals surface area contributed by atoms with Crippen LogP contribution in [0.15, 0.2) is 36.4 Å². The highest BCUT2D eigenvalue weighted by Crippen LogP contribution is 2.29. The monoisotopic (exact) mass is 268 g/mol.